The van der Waals surface area contributed by atoms with Crippen molar-refractivity contribution in [2.24, 2.45) is 5.41 Å². The van der Waals surface area contributed by atoms with Crippen LogP contribution in [-0.2, 0) is 60.8 Å². The number of hydrogen-bond donors (Lipinski definition) is 10. The molecular weight excluding hydrogens is 947 g/mol. The summed E-state index contributed by atoms with van der Waals surface area (Å²) in [6.45, 7) is 1.99. The average molecular weight is 994 g/mol. The molecule has 1 aromatic carbocycles. The third-order valence-electron chi connectivity index (χ3n) is 8.98. The SMILES string of the molecule is CC(CC(=O)SCCNC(=O)CCNC(=O)[C@H](O)C(C)(C)COP(=O)(O)OP(=O)(O)OC[C@H]1O[C@@H](n2cnc3c(N)ncnc32)[C@H](O)[C@@H]1OP(=O)(O)O)c1ccc(S(=O)(=O)O)cc1. The number of nitrogen functional groups attached to an aromatic ring is 1. The Balaban J connectivity index is 1.18. The minimum Gasteiger partial charge on any atom is -0.386 e. The third-order valence-corrected chi connectivity index (χ3v) is 13.8. The number of phosphoric ester groups is 3. The van der Waals surface area contributed by atoms with Crippen molar-refractivity contribution in [3.8, 4) is 0 Å². The zero-order valence-corrected chi connectivity index (χ0v) is 37.7. The van der Waals surface area contributed by atoms with E-state index in [2.05, 4.69) is 34.4 Å². The first-order valence-electron chi connectivity index (χ1n) is 18.2. The number of ether oxygens (including phenoxy) is 1. The van der Waals surface area contributed by atoms with Gasteiger partial charge in [-0.3, -0.25) is 37.1 Å². The van der Waals surface area contributed by atoms with Crippen molar-refractivity contribution in [1.82, 2.24) is 30.2 Å². The molecule has 1 aliphatic rings. The van der Waals surface area contributed by atoms with Gasteiger partial charge < -0.3 is 50.9 Å². The van der Waals surface area contributed by atoms with Crippen molar-refractivity contribution >= 4 is 79.3 Å². The van der Waals surface area contributed by atoms with Crippen LogP contribution in [0.15, 0.2) is 41.8 Å². The Bertz CT molecular complexity index is 2370. The van der Waals surface area contributed by atoms with E-state index in [1.165, 1.54) is 38.1 Å². The number of benzene rings is 1. The van der Waals surface area contributed by atoms with Gasteiger partial charge in [-0.15, -0.1) is 0 Å². The molecule has 2 amide bonds. The van der Waals surface area contributed by atoms with Gasteiger partial charge in [-0.05, 0) is 23.6 Å². The van der Waals surface area contributed by atoms with Crippen molar-refractivity contribution in [2.45, 2.75) is 75.1 Å². The summed E-state index contributed by atoms with van der Waals surface area (Å²) in [5.74, 6) is -1.61. The van der Waals surface area contributed by atoms with Crippen LogP contribution in [0.3, 0.4) is 0 Å². The Kier molecular flexibility index (Phi) is 17.7. The van der Waals surface area contributed by atoms with E-state index >= 15 is 0 Å². The molecular formula is C31H46N7O20P3S2. The molecule has 1 saturated heterocycles. The standard InChI is InChI=1S/C31H46N7O20P3S2/c1-17(18-4-6-19(7-5-18)63(51,52)53)12-22(40)62-11-10-33-21(39)8-9-34-29(43)26(42)31(2,3)14-55-61(49,50)58-60(47,48)54-13-20-25(57-59(44,45)46)24(41)30(56-20)38-16-37-23-27(32)35-15-36-28(23)38/h4-7,15-17,20,24-26,30,41-42H,8-14H2,1-3H3,(H,33,39)(H,34,43)(H,47,48)(H,49,50)(H2,32,35,36)(H2,44,45,46)(H,51,52,53)/t17?,20-,24-,25-,26+,30-/m1/s1. The molecule has 8 atom stereocenters. The fourth-order valence-electron chi connectivity index (χ4n) is 5.69. The second-order valence-corrected chi connectivity index (χ2v) is 21.2. The molecule has 3 unspecified atom stereocenters. The van der Waals surface area contributed by atoms with E-state index in [-0.39, 0.29) is 64.6 Å². The van der Waals surface area contributed by atoms with Crippen LogP contribution in [-0.4, -0.2) is 136 Å². The fourth-order valence-corrected chi connectivity index (χ4v) is 9.80. The normalized spacial score (nSPS) is 21.3. The number of aliphatic hydroxyl groups is 2. The topological polar surface area (TPSA) is 418 Å². The lowest BCUT2D eigenvalue weighted by Crippen LogP contribution is -2.46. The van der Waals surface area contributed by atoms with Gasteiger partial charge in [-0.25, -0.2) is 28.6 Å². The van der Waals surface area contributed by atoms with Crippen LogP contribution >= 0.6 is 35.2 Å². The molecule has 2 aromatic heterocycles. The Labute approximate surface area is 362 Å². The minimum atomic E-state index is -5.60. The Morgan fingerprint density at radius 2 is 1.67 bits per heavy atom. The van der Waals surface area contributed by atoms with Crippen LogP contribution in [0.5, 0.6) is 0 Å². The lowest BCUT2D eigenvalue weighted by atomic mass is 9.87. The van der Waals surface area contributed by atoms with Gasteiger partial charge in [-0.1, -0.05) is 44.7 Å². The highest BCUT2D eigenvalue weighted by Crippen LogP contribution is 2.61. The number of aliphatic hydroxyl groups excluding tert-OH is 2. The molecule has 0 bridgehead atoms. The monoisotopic (exact) mass is 993 g/mol. The van der Waals surface area contributed by atoms with Crippen LogP contribution in [0.4, 0.5) is 5.82 Å². The molecule has 0 aliphatic carbocycles. The van der Waals surface area contributed by atoms with E-state index in [0.29, 0.717) is 5.56 Å². The highest BCUT2D eigenvalue weighted by Gasteiger charge is 2.50. The van der Waals surface area contributed by atoms with E-state index in [1.54, 1.807) is 6.92 Å². The Morgan fingerprint density at radius 3 is 2.30 bits per heavy atom. The number of phosphoric acid groups is 3. The smallest absolute Gasteiger partial charge is 0.386 e. The molecule has 27 nitrogen and oxygen atoms in total. The summed E-state index contributed by atoms with van der Waals surface area (Å²) in [7, 11) is -20.8. The predicted molar refractivity (Wildman–Crippen MR) is 216 cm³/mol. The summed E-state index contributed by atoms with van der Waals surface area (Å²) >= 11 is 0.965. The summed E-state index contributed by atoms with van der Waals surface area (Å²) in [5, 5.41) is 26.2. The summed E-state index contributed by atoms with van der Waals surface area (Å²) in [5.41, 5.74) is 4.87. The fraction of sp³-hybridized carbons (Fsp3) is 0.548. The third kappa shape index (κ3) is 15.4. The van der Waals surface area contributed by atoms with Gasteiger partial charge in [-0.2, -0.15) is 12.7 Å². The molecule has 3 heterocycles. The Hall–Kier alpha value is -3.31. The van der Waals surface area contributed by atoms with Gasteiger partial charge in [0.05, 0.1) is 24.4 Å². The molecule has 1 aliphatic heterocycles. The number of nitrogens with two attached hydrogens (primary N) is 1. The molecule has 32 heteroatoms. The largest absolute Gasteiger partial charge is 0.481 e. The summed E-state index contributed by atoms with van der Waals surface area (Å²) in [4.78, 5) is 88.0. The summed E-state index contributed by atoms with van der Waals surface area (Å²) in [6.07, 6.45) is -7.01. The minimum absolute atomic E-state index is 0.0163. The van der Waals surface area contributed by atoms with Crippen LogP contribution in [0.1, 0.15) is 51.3 Å². The van der Waals surface area contributed by atoms with E-state index < -0.39 is 94.7 Å². The van der Waals surface area contributed by atoms with E-state index in [9.17, 15) is 66.3 Å². The van der Waals surface area contributed by atoms with Crippen molar-refractivity contribution in [3.63, 3.8) is 0 Å². The quantitative estimate of drug-likeness (QED) is 0.0342. The highest BCUT2D eigenvalue weighted by molar-refractivity contribution is 8.13. The van der Waals surface area contributed by atoms with Crippen LogP contribution < -0.4 is 16.4 Å². The molecule has 0 saturated carbocycles. The lowest BCUT2D eigenvalue weighted by molar-refractivity contribution is -0.137. The number of rotatable bonds is 23. The number of hydrogen-bond acceptors (Lipinski definition) is 20. The molecule has 11 N–H and O–H groups in total. The highest BCUT2D eigenvalue weighted by atomic mass is 32.2. The first-order valence-corrected chi connectivity index (χ1v) is 25.2. The van der Waals surface area contributed by atoms with Crippen molar-refractivity contribution < 1.29 is 93.5 Å². The summed E-state index contributed by atoms with van der Waals surface area (Å²) in [6, 6.07) is 5.44. The number of carbonyl (C=O) groups excluding carboxylic acids is 3. The molecule has 0 spiro atoms. The number of imidazole rings is 1. The first kappa shape index (κ1) is 52.3. The maximum Gasteiger partial charge on any atom is 0.481 e. The lowest BCUT2D eigenvalue weighted by Gasteiger charge is -2.30. The number of anilines is 1. The predicted octanol–water partition coefficient (Wildman–Crippen LogP) is 0.105. The molecule has 0 radical (unpaired) electrons. The van der Waals surface area contributed by atoms with E-state index in [0.717, 1.165) is 29.0 Å². The number of aromatic nitrogens is 4. The van der Waals surface area contributed by atoms with Crippen LogP contribution in [0, 0.1) is 5.41 Å². The molecule has 63 heavy (non-hydrogen) atoms. The van der Waals surface area contributed by atoms with E-state index in [1.807, 2.05) is 0 Å². The zero-order valence-electron chi connectivity index (χ0n) is 33.3. The summed E-state index contributed by atoms with van der Waals surface area (Å²) < 4.78 is 93.7. The molecule has 3 aromatic rings. The van der Waals surface area contributed by atoms with E-state index in [4.69, 9.17) is 24.1 Å². The van der Waals surface area contributed by atoms with Crippen LogP contribution in [0.25, 0.3) is 11.2 Å². The molecule has 4 rings (SSSR count). The maximum absolute atomic E-state index is 12.7. The number of carbonyl (C=O) groups is 3. The number of nitrogens with one attached hydrogen (secondary N) is 2. The van der Waals surface area contributed by atoms with Gasteiger partial charge in [0.25, 0.3) is 10.1 Å². The Morgan fingerprint density at radius 1 is 1.02 bits per heavy atom. The first-order chi connectivity index (χ1) is 29.1. The van der Waals surface area contributed by atoms with Gasteiger partial charge in [0.15, 0.2) is 22.8 Å². The van der Waals surface area contributed by atoms with Gasteiger partial charge in [0.2, 0.25) is 11.8 Å². The van der Waals surface area contributed by atoms with Gasteiger partial charge in [0.1, 0.15) is 36.3 Å². The van der Waals surface area contributed by atoms with Gasteiger partial charge in [0, 0.05) is 37.1 Å². The number of fused-ring (bicyclic) bond motifs is 1. The van der Waals surface area contributed by atoms with Crippen molar-refractivity contribution in [2.75, 3.05) is 37.8 Å². The number of amides is 2. The number of thioether (sulfide) groups is 1. The van der Waals surface area contributed by atoms with Gasteiger partial charge >= 0.3 is 23.5 Å². The number of nitrogens with zero attached hydrogens (tertiary/aromatic N) is 4. The van der Waals surface area contributed by atoms with Crippen LogP contribution in [0.2, 0.25) is 0 Å². The molecule has 352 valence electrons. The van der Waals surface area contributed by atoms with Crippen molar-refractivity contribution in [1.29, 1.82) is 0 Å². The maximum atomic E-state index is 12.7. The molecule has 1 fully saturated rings. The second-order valence-electron chi connectivity index (χ2n) is 14.4. The average Bonchev–Trinajstić information content (AvgIpc) is 3.74. The zero-order chi connectivity index (χ0) is 47.1. The second kappa shape index (κ2) is 21.3. The van der Waals surface area contributed by atoms with Crippen molar-refractivity contribution in [3.05, 3.63) is 42.5 Å².